The largest absolute Gasteiger partial charge is 0.493 e. The molecule has 1 aromatic heterocycles. The Bertz CT molecular complexity index is 1380. The number of piperazine rings is 1. The molecule has 0 spiro atoms. The van der Waals surface area contributed by atoms with Crippen LogP contribution in [0.4, 0.5) is 16.2 Å². The standard InChI is InChI=1S/C28H33N5O5S/c1-4-27(33-16-14-32(15-17-33)23-9-12-25(37-2)26(18-23)38-3)39(35,36)24-10-7-22(8-11-24)31-28(34)30-20-21-6-5-13-29-19-21/h4-13,18-19,27H,1,14-17,20H2,2-3H3,(H2,30,31,34). The van der Waals surface area contributed by atoms with Crippen LogP contribution in [0, 0.1) is 0 Å². The number of ether oxygens (including phenoxy) is 2. The van der Waals surface area contributed by atoms with E-state index < -0.39 is 21.2 Å². The second-order valence-electron chi connectivity index (χ2n) is 8.93. The Morgan fingerprint density at radius 3 is 2.38 bits per heavy atom. The van der Waals surface area contributed by atoms with E-state index in [0.717, 1.165) is 11.3 Å². The van der Waals surface area contributed by atoms with Crippen molar-refractivity contribution in [2.75, 3.05) is 50.6 Å². The van der Waals surface area contributed by atoms with Crippen LogP contribution in [0.5, 0.6) is 11.5 Å². The molecule has 2 aromatic carbocycles. The molecule has 1 aliphatic heterocycles. The number of rotatable bonds is 10. The maximum Gasteiger partial charge on any atom is 0.319 e. The predicted molar refractivity (Wildman–Crippen MR) is 151 cm³/mol. The number of anilines is 2. The Labute approximate surface area is 229 Å². The number of sulfone groups is 1. The van der Waals surface area contributed by atoms with Crippen LogP contribution in [0.3, 0.4) is 0 Å². The summed E-state index contributed by atoms with van der Waals surface area (Å²) >= 11 is 0. The lowest BCUT2D eigenvalue weighted by Gasteiger charge is -2.39. The third kappa shape index (κ3) is 6.68. The van der Waals surface area contributed by atoms with Crippen LogP contribution in [-0.2, 0) is 16.4 Å². The van der Waals surface area contributed by atoms with Crippen LogP contribution in [0.1, 0.15) is 5.56 Å². The normalized spacial score (nSPS) is 14.8. The van der Waals surface area contributed by atoms with Gasteiger partial charge in [0.15, 0.2) is 21.3 Å². The summed E-state index contributed by atoms with van der Waals surface area (Å²) in [4.78, 5) is 20.5. The Balaban J connectivity index is 1.36. The van der Waals surface area contributed by atoms with Gasteiger partial charge in [-0.25, -0.2) is 13.2 Å². The zero-order chi connectivity index (χ0) is 27.8. The van der Waals surface area contributed by atoms with E-state index in [9.17, 15) is 13.2 Å². The minimum Gasteiger partial charge on any atom is -0.493 e. The second-order valence-corrected chi connectivity index (χ2v) is 11.0. The molecule has 2 amide bonds. The summed E-state index contributed by atoms with van der Waals surface area (Å²) in [5, 5.41) is 4.59. The molecule has 206 valence electrons. The van der Waals surface area contributed by atoms with Gasteiger partial charge in [-0.3, -0.25) is 9.88 Å². The molecule has 1 atom stereocenters. The van der Waals surface area contributed by atoms with Crippen molar-refractivity contribution in [2.45, 2.75) is 16.8 Å². The fourth-order valence-corrected chi connectivity index (χ4v) is 6.11. The fourth-order valence-electron chi connectivity index (χ4n) is 4.46. The van der Waals surface area contributed by atoms with Gasteiger partial charge in [-0.2, -0.15) is 0 Å². The van der Waals surface area contributed by atoms with Crippen LogP contribution in [-0.4, -0.2) is 70.1 Å². The summed E-state index contributed by atoms with van der Waals surface area (Å²) in [6, 6.07) is 15.2. The minimum atomic E-state index is -3.73. The first-order valence-electron chi connectivity index (χ1n) is 12.5. The number of aromatic nitrogens is 1. The summed E-state index contributed by atoms with van der Waals surface area (Å²) in [7, 11) is -0.533. The monoisotopic (exact) mass is 551 g/mol. The second kappa shape index (κ2) is 12.6. The van der Waals surface area contributed by atoms with Crippen molar-refractivity contribution in [2.24, 2.45) is 0 Å². The van der Waals surface area contributed by atoms with E-state index in [0.29, 0.717) is 49.9 Å². The molecule has 1 fully saturated rings. The highest BCUT2D eigenvalue weighted by molar-refractivity contribution is 7.92. The van der Waals surface area contributed by atoms with Crippen LogP contribution in [0.15, 0.2) is 84.5 Å². The molecular weight excluding hydrogens is 518 g/mol. The van der Waals surface area contributed by atoms with E-state index in [2.05, 4.69) is 27.1 Å². The highest BCUT2D eigenvalue weighted by Crippen LogP contribution is 2.32. The summed E-state index contributed by atoms with van der Waals surface area (Å²) in [6.07, 6.45) is 4.81. The van der Waals surface area contributed by atoms with Gasteiger partial charge in [0.25, 0.3) is 0 Å². The first kappa shape index (κ1) is 27.9. The van der Waals surface area contributed by atoms with Crippen LogP contribution < -0.4 is 25.0 Å². The Morgan fingerprint density at radius 1 is 1.05 bits per heavy atom. The van der Waals surface area contributed by atoms with Gasteiger partial charge in [0.2, 0.25) is 0 Å². The molecule has 10 nitrogen and oxygen atoms in total. The van der Waals surface area contributed by atoms with Crippen molar-refractivity contribution >= 4 is 27.2 Å². The third-order valence-electron chi connectivity index (χ3n) is 6.54. The molecule has 0 bridgehead atoms. The molecule has 3 aromatic rings. The van der Waals surface area contributed by atoms with Crippen molar-refractivity contribution in [3.63, 3.8) is 0 Å². The first-order valence-corrected chi connectivity index (χ1v) is 14.0. The SMILES string of the molecule is C=CC(N1CCN(c2ccc(OC)c(OC)c2)CC1)S(=O)(=O)c1ccc(NC(=O)NCc2cccnc2)cc1. The van der Waals surface area contributed by atoms with Gasteiger partial charge in [0.05, 0.1) is 19.1 Å². The number of carbonyl (C=O) groups is 1. The number of pyridine rings is 1. The summed E-state index contributed by atoms with van der Waals surface area (Å²) < 4.78 is 37.7. The van der Waals surface area contributed by atoms with Gasteiger partial charge in [-0.15, -0.1) is 6.58 Å². The lowest BCUT2D eigenvalue weighted by Crippen LogP contribution is -2.52. The molecule has 1 aliphatic rings. The molecule has 2 N–H and O–H groups in total. The van der Waals surface area contributed by atoms with Gasteiger partial charge >= 0.3 is 6.03 Å². The fraction of sp³-hybridized carbons (Fsp3) is 0.286. The van der Waals surface area contributed by atoms with Crippen LogP contribution in [0.2, 0.25) is 0 Å². The van der Waals surface area contributed by atoms with Crippen molar-refractivity contribution in [3.05, 3.63) is 85.2 Å². The minimum absolute atomic E-state index is 0.163. The van der Waals surface area contributed by atoms with Crippen LogP contribution in [0.25, 0.3) is 0 Å². The zero-order valence-electron chi connectivity index (χ0n) is 22.0. The Morgan fingerprint density at radius 2 is 1.77 bits per heavy atom. The number of urea groups is 1. The number of carbonyl (C=O) groups excluding carboxylic acids is 1. The van der Waals surface area contributed by atoms with E-state index in [4.69, 9.17) is 9.47 Å². The highest BCUT2D eigenvalue weighted by atomic mass is 32.2. The van der Waals surface area contributed by atoms with Gasteiger partial charge < -0.3 is 25.0 Å². The topological polar surface area (TPSA) is 113 Å². The molecule has 1 unspecified atom stereocenters. The zero-order valence-corrected chi connectivity index (χ0v) is 22.9. The van der Waals surface area contributed by atoms with E-state index in [1.54, 1.807) is 44.8 Å². The number of nitrogens with zero attached hydrogens (tertiary/aromatic N) is 3. The number of benzene rings is 2. The summed E-state index contributed by atoms with van der Waals surface area (Å²) in [5.41, 5.74) is 2.34. The summed E-state index contributed by atoms with van der Waals surface area (Å²) in [6.45, 7) is 6.52. The number of methoxy groups -OCH3 is 2. The quantitative estimate of drug-likeness (QED) is 0.368. The van der Waals surface area contributed by atoms with Crippen molar-refractivity contribution in [1.82, 2.24) is 15.2 Å². The molecule has 0 radical (unpaired) electrons. The summed E-state index contributed by atoms with van der Waals surface area (Å²) in [5.74, 6) is 1.30. The molecule has 0 saturated carbocycles. The molecule has 2 heterocycles. The number of hydrogen-bond donors (Lipinski definition) is 2. The van der Waals surface area contributed by atoms with E-state index in [1.807, 2.05) is 29.2 Å². The van der Waals surface area contributed by atoms with Crippen LogP contribution >= 0.6 is 0 Å². The van der Waals surface area contributed by atoms with Gasteiger partial charge in [0, 0.05) is 62.6 Å². The molecule has 11 heteroatoms. The Hall–Kier alpha value is -4.09. The highest BCUT2D eigenvalue weighted by Gasteiger charge is 2.33. The Kier molecular flexibility index (Phi) is 9.05. The predicted octanol–water partition coefficient (Wildman–Crippen LogP) is 3.53. The van der Waals surface area contributed by atoms with E-state index >= 15 is 0 Å². The number of hydrogen-bond acceptors (Lipinski definition) is 8. The smallest absolute Gasteiger partial charge is 0.319 e. The average Bonchev–Trinajstić information content (AvgIpc) is 2.97. The van der Waals surface area contributed by atoms with Gasteiger partial charge in [0.1, 0.15) is 5.37 Å². The first-order chi connectivity index (χ1) is 18.8. The average molecular weight is 552 g/mol. The van der Waals surface area contributed by atoms with Crippen molar-refractivity contribution in [3.8, 4) is 11.5 Å². The molecule has 1 saturated heterocycles. The molecule has 0 aliphatic carbocycles. The molecule has 4 rings (SSSR count). The maximum absolute atomic E-state index is 13.5. The van der Waals surface area contributed by atoms with Gasteiger partial charge in [-0.05, 0) is 48.0 Å². The van der Waals surface area contributed by atoms with E-state index in [-0.39, 0.29) is 4.90 Å². The van der Waals surface area contributed by atoms with Gasteiger partial charge in [-0.1, -0.05) is 12.1 Å². The van der Waals surface area contributed by atoms with E-state index in [1.165, 1.54) is 18.2 Å². The lowest BCUT2D eigenvalue weighted by atomic mass is 10.2. The molecule has 39 heavy (non-hydrogen) atoms. The lowest BCUT2D eigenvalue weighted by molar-refractivity contribution is 0.251. The number of amides is 2. The van der Waals surface area contributed by atoms with Crippen molar-refractivity contribution in [1.29, 1.82) is 0 Å². The third-order valence-corrected chi connectivity index (χ3v) is 8.60. The maximum atomic E-state index is 13.5. The number of nitrogens with one attached hydrogen (secondary N) is 2. The van der Waals surface area contributed by atoms with Crippen molar-refractivity contribution < 1.29 is 22.7 Å². The molecular formula is C28H33N5O5S.